The Kier molecular flexibility index (Phi) is 4.74. The highest BCUT2D eigenvalue weighted by molar-refractivity contribution is 7.90. The van der Waals surface area contributed by atoms with Gasteiger partial charge in [0.1, 0.15) is 0 Å². The Morgan fingerprint density at radius 2 is 1.90 bits per heavy atom. The second-order valence-corrected chi connectivity index (χ2v) is 8.22. The topological polar surface area (TPSA) is 46.2 Å². The third-order valence-electron chi connectivity index (χ3n) is 4.25. The van der Waals surface area contributed by atoms with Gasteiger partial charge in [0.25, 0.3) is 0 Å². The zero-order valence-corrected chi connectivity index (χ0v) is 13.5. The van der Waals surface area contributed by atoms with Crippen LogP contribution in [0.5, 0.6) is 0 Å². The van der Waals surface area contributed by atoms with Gasteiger partial charge in [-0.05, 0) is 49.8 Å². The van der Waals surface area contributed by atoms with Crippen molar-refractivity contribution < 1.29 is 8.42 Å². The maximum absolute atomic E-state index is 11.7. The van der Waals surface area contributed by atoms with Crippen LogP contribution >= 0.6 is 0 Å². The third-order valence-corrected chi connectivity index (χ3v) is 5.36. The molecular formula is C16H25NO2S. The van der Waals surface area contributed by atoms with Crippen molar-refractivity contribution in [2.24, 2.45) is 5.92 Å². The lowest BCUT2D eigenvalue weighted by atomic mass is 10.0. The van der Waals surface area contributed by atoms with E-state index in [1.54, 1.807) is 12.1 Å². The number of rotatable bonds is 3. The summed E-state index contributed by atoms with van der Waals surface area (Å²) in [4.78, 5) is 0.396. The van der Waals surface area contributed by atoms with Crippen molar-refractivity contribution in [1.82, 2.24) is 0 Å². The molecule has 0 saturated heterocycles. The first-order valence-electron chi connectivity index (χ1n) is 7.43. The van der Waals surface area contributed by atoms with Gasteiger partial charge >= 0.3 is 0 Å². The first-order chi connectivity index (χ1) is 9.36. The number of benzene rings is 1. The van der Waals surface area contributed by atoms with E-state index in [0.29, 0.717) is 10.9 Å². The summed E-state index contributed by atoms with van der Waals surface area (Å²) in [5.74, 6) is 0.810. The number of hydrogen-bond acceptors (Lipinski definition) is 3. The molecule has 0 radical (unpaired) electrons. The van der Waals surface area contributed by atoms with Gasteiger partial charge in [-0.15, -0.1) is 0 Å². The highest BCUT2D eigenvalue weighted by Crippen LogP contribution is 2.27. The Bertz CT molecular complexity index is 566. The molecule has 112 valence electrons. The van der Waals surface area contributed by atoms with Gasteiger partial charge in [0.2, 0.25) is 0 Å². The molecule has 20 heavy (non-hydrogen) atoms. The summed E-state index contributed by atoms with van der Waals surface area (Å²) in [6.07, 6.45) is 7.41. The van der Waals surface area contributed by atoms with E-state index in [1.165, 1.54) is 38.4 Å². The van der Waals surface area contributed by atoms with Gasteiger partial charge in [0.05, 0.1) is 4.90 Å². The molecular weight excluding hydrogens is 270 g/mol. The second kappa shape index (κ2) is 6.17. The predicted molar refractivity (Wildman–Crippen MR) is 83.9 cm³/mol. The van der Waals surface area contributed by atoms with Crippen LogP contribution in [-0.4, -0.2) is 20.7 Å². The second-order valence-electron chi connectivity index (χ2n) is 6.20. The highest BCUT2D eigenvalue weighted by Gasteiger charge is 2.17. The molecule has 0 aromatic heterocycles. The maximum Gasteiger partial charge on any atom is 0.175 e. The fraction of sp³-hybridized carbons (Fsp3) is 0.625. The van der Waals surface area contributed by atoms with Crippen LogP contribution in [0.3, 0.4) is 0 Å². The summed E-state index contributed by atoms with van der Waals surface area (Å²) in [5.41, 5.74) is 2.07. The smallest absolute Gasteiger partial charge is 0.175 e. The zero-order valence-electron chi connectivity index (χ0n) is 12.6. The SMILES string of the molecule is Cc1ccc(S(C)(=O)=O)cc1NC1CCCC(C)CC1. The number of sulfone groups is 1. The van der Waals surface area contributed by atoms with E-state index in [-0.39, 0.29) is 0 Å². The Hall–Kier alpha value is -1.03. The summed E-state index contributed by atoms with van der Waals surface area (Å²) >= 11 is 0. The number of hydrogen-bond donors (Lipinski definition) is 1. The van der Waals surface area contributed by atoms with Crippen LogP contribution in [0.2, 0.25) is 0 Å². The Balaban J connectivity index is 2.16. The van der Waals surface area contributed by atoms with E-state index < -0.39 is 9.84 Å². The summed E-state index contributed by atoms with van der Waals surface area (Å²) in [7, 11) is -3.14. The fourth-order valence-corrected chi connectivity index (χ4v) is 3.49. The minimum Gasteiger partial charge on any atom is -0.382 e. The van der Waals surface area contributed by atoms with Crippen LogP contribution < -0.4 is 5.32 Å². The van der Waals surface area contributed by atoms with Crippen LogP contribution in [-0.2, 0) is 9.84 Å². The van der Waals surface area contributed by atoms with Gasteiger partial charge in [-0.2, -0.15) is 0 Å². The first kappa shape index (κ1) is 15.4. The fourth-order valence-electron chi connectivity index (χ4n) is 2.84. The minimum absolute atomic E-state index is 0.396. The van der Waals surface area contributed by atoms with Gasteiger partial charge in [0, 0.05) is 18.0 Å². The highest BCUT2D eigenvalue weighted by atomic mass is 32.2. The molecule has 1 aliphatic rings. The molecule has 0 amide bonds. The van der Waals surface area contributed by atoms with Crippen LogP contribution in [0, 0.1) is 12.8 Å². The minimum atomic E-state index is -3.14. The Morgan fingerprint density at radius 1 is 1.15 bits per heavy atom. The van der Waals surface area contributed by atoms with Crippen molar-refractivity contribution in [3.63, 3.8) is 0 Å². The van der Waals surface area contributed by atoms with E-state index in [0.717, 1.165) is 17.2 Å². The van der Waals surface area contributed by atoms with Gasteiger partial charge in [-0.1, -0.05) is 25.8 Å². The zero-order chi connectivity index (χ0) is 14.8. The quantitative estimate of drug-likeness (QED) is 0.863. The van der Waals surface area contributed by atoms with Crippen LogP contribution in [0.4, 0.5) is 5.69 Å². The molecule has 0 heterocycles. The van der Waals surface area contributed by atoms with Crippen molar-refractivity contribution in [1.29, 1.82) is 0 Å². The monoisotopic (exact) mass is 295 g/mol. The number of anilines is 1. The summed E-state index contributed by atoms with van der Waals surface area (Å²) in [6.45, 7) is 4.34. The molecule has 0 spiro atoms. The predicted octanol–water partition coefficient (Wildman–Crippen LogP) is 3.78. The molecule has 2 atom stereocenters. The van der Waals surface area contributed by atoms with E-state index in [4.69, 9.17) is 0 Å². The molecule has 1 aromatic rings. The summed E-state index contributed by atoms with van der Waals surface area (Å²) in [6, 6.07) is 5.82. The van der Waals surface area contributed by atoms with Crippen LogP contribution in [0.15, 0.2) is 23.1 Å². The van der Waals surface area contributed by atoms with Crippen LogP contribution in [0.1, 0.15) is 44.6 Å². The van der Waals surface area contributed by atoms with Crippen molar-refractivity contribution in [3.8, 4) is 0 Å². The van der Waals surface area contributed by atoms with Crippen molar-refractivity contribution in [3.05, 3.63) is 23.8 Å². The molecule has 4 heteroatoms. The van der Waals surface area contributed by atoms with E-state index in [1.807, 2.05) is 13.0 Å². The standard InChI is InChI=1S/C16H25NO2S/c1-12-5-4-6-14(9-7-12)17-16-11-15(20(3,18)19)10-8-13(16)2/h8,10-12,14,17H,4-7,9H2,1-3H3. The average Bonchev–Trinajstić information content (AvgIpc) is 2.56. The molecule has 1 saturated carbocycles. The molecule has 1 aromatic carbocycles. The number of aryl methyl sites for hydroxylation is 1. The first-order valence-corrected chi connectivity index (χ1v) is 9.32. The van der Waals surface area contributed by atoms with E-state index >= 15 is 0 Å². The van der Waals surface area contributed by atoms with Gasteiger partial charge < -0.3 is 5.32 Å². The maximum atomic E-state index is 11.7. The lowest BCUT2D eigenvalue weighted by Gasteiger charge is -2.20. The van der Waals surface area contributed by atoms with Crippen molar-refractivity contribution in [2.45, 2.75) is 56.9 Å². The molecule has 3 nitrogen and oxygen atoms in total. The third kappa shape index (κ3) is 3.98. The van der Waals surface area contributed by atoms with E-state index in [2.05, 4.69) is 12.2 Å². The normalized spacial score (nSPS) is 24.1. The van der Waals surface area contributed by atoms with Gasteiger partial charge in [-0.25, -0.2) is 8.42 Å². The molecule has 2 unspecified atom stereocenters. The Morgan fingerprint density at radius 3 is 2.60 bits per heavy atom. The van der Waals surface area contributed by atoms with Crippen molar-refractivity contribution in [2.75, 3.05) is 11.6 Å². The van der Waals surface area contributed by atoms with Gasteiger partial charge in [-0.3, -0.25) is 0 Å². The molecule has 0 aliphatic heterocycles. The van der Waals surface area contributed by atoms with Gasteiger partial charge in [0.15, 0.2) is 9.84 Å². The summed E-state index contributed by atoms with van der Waals surface area (Å²) < 4.78 is 23.3. The molecule has 1 fully saturated rings. The summed E-state index contributed by atoms with van der Waals surface area (Å²) in [5, 5.41) is 3.56. The number of nitrogens with one attached hydrogen (secondary N) is 1. The molecule has 2 rings (SSSR count). The Labute approximate surface area is 122 Å². The van der Waals surface area contributed by atoms with Crippen LogP contribution in [0.25, 0.3) is 0 Å². The van der Waals surface area contributed by atoms with E-state index in [9.17, 15) is 8.42 Å². The average molecular weight is 295 g/mol. The lowest BCUT2D eigenvalue weighted by molar-refractivity contribution is 0.502. The molecule has 0 bridgehead atoms. The van der Waals surface area contributed by atoms with Crippen molar-refractivity contribution >= 4 is 15.5 Å². The molecule has 1 N–H and O–H groups in total. The lowest BCUT2D eigenvalue weighted by Crippen LogP contribution is -2.19. The molecule has 1 aliphatic carbocycles. The largest absolute Gasteiger partial charge is 0.382 e.